The second kappa shape index (κ2) is 7.32. The van der Waals surface area contributed by atoms with Crippen molar-refractivity contribution in [3.63, 3.8) is 0 Å². The van der Waals surface area contributed by atoms with Gasteiger partial charge in [0.1, 0.15) is 0 Å². The maximum Gasteiger partial charge on any atom is 0.0434 e. The van der Waals surface area contributed by atoms with E-state index in [0.29, 0.717) is 12.5 Å². The Morgan fingerprint density at radius 2 is 2.25 bits per heavy atom. The third-order valence-corrected chi connectivity index (χ3v) is 1.97. The Labute approximate surface area is 75.7 Å². The minimum Gasteiger partial charge on any atom is -0.396 e. The van der Waals surface area contributed by atoms with Crippen LogP contribution in [0.2, 0.25) is 0 Å². The monoisotopic (exact) mass is 171 g/mol. The number of aliphatic hydroxyl groups excluding tert-OH is 1. The molecule has 0 fully saturated rings. The van der Waals surface area contributed by atoms with Gasteiger partial charge < -0.3 is 10.4 Å². The molecular weight excluding hydrogens is 150 g/mol. The molecule has 0 aromatic carbocycles. The molecule has 2 heteroatoms. The molecule has 2 nitrogen and oxygen atoms in total. The zero-order valence-corrected chi connectivity index (χ0v) is 8.27. The number of rotatable bonds is 7. The van der Waals surface area contributed by atoms with Crippen molar-refractivity contribution in [1.82, 2.24) is 5.32 Å². The van der Waals surface area contributed by atoms with Crippen LogP contribution in [0.1, 0.15) is 26.7 Å². The fraction of sp³-hybridized carbons (Fsp3) is 0.800. The fourth-order valence-corrected chi connectivity index (χ4v) is 1.12. The van der Waals surface area contributed by atoms with E-state index in [1.165, 1.54) is 0 Å². The number of hydrogen-bond donors (Lipinski definition) is 2. The van der Waals surface area contributed by atoms with E-state index in [1.807, 2.05) is 6.92 Å². The van der Waals surface area contributed by atoms with Crippen molar-refractivity contribution in [1.29, 1.82) is 0 Å². The zero-order chi connectivity index (χ0) is 9.40. The van der Waals surface area contributed by atoms with E-state index in [2.05, 4.69) is 18.8 Å². The largest absolute Gasteiger partial charge is 0.396 e. The first-order valence-electron chi connectivity index (χ1n) is 4.66. The second-order valence-electron chi connectivity index (χ2n) is 3.37. The Morgan fingerprint density at radius 3 is 2.67 bits per heavy atom. The summed E-state index contributed by atoms with van der Waals surface area (Å²) in [6.45, 7) is 10.2. The van der Waals surface area contributed by atoms with E-state index in [0.717, 1.165) is 31.5 Å². The van der Waals surface area contributed by atoms with Gasteiger partial charge in [0.2, 0.25) is 0 Å². The Kier molecular flexibility index (Phi) is 7.11. The SMILES string of the molecule is C=C(C)CNCC(CC)CCO. The topological polar surface area (TPSA) is 32.3 Å². The van der Waals surface area contributed by atoms with Crippen LogP contribution in [0.5, 0.6) is 0 Å². The summed E-state index contributed by atoms with van der Waals surface area (Å²) in [5.41, 5.74) is 1.16. The minimum atomic E-state index is 0.299. The number of hydrogen-bond acceptors (Lipinski definition) is 2. The van der Waals surface area contributed by atoms with Crippen molar-refractivity contribution >= 4 is 0 Å². The van der Waals surface area contributed by atoms with Crippen molar-refractivity contribution in [2.75, 3.05) is 19.7 Å². The highest BCUT2D eigenvalue weighted by molar-refractivity contribution is 4.90. The van der Waals surface area contributed by atoms with Crippen molar-refractivity contribution in [2.45, 2.75) is 26.7 Å². The summed E-state index contributed by atoms with van der Waals surface area (Å²) < 4.78 is 0. The van der Waals surface area contributed by atoms with E-state index in [4.69, 9.17) is 5.11 Å². The first kappa shape index (κ1) is 11.7. The lowest BCUT2D eigenvalue weighted by molar-refractivity contribution is 0.252. The Bertz CT molecular complexity index is 123. The molecule has 0 aliphatic rings. The summed E-state index contributed by atoms with van der Waals surface area (Å²) >= 11 is 0. The van der Waals surface area contributed by atoms with Gasteiger partial charge in [0.05, 0.1) is 0 Å². The van der Waals surface area contributed by atoms with Gasteiger partial charge >= 0.3 is 0 Å². The van der Waals surface area contributed by atoms with E-state index in [9.17, 15) is 0 Å². The van der Waals surface area contributed by atoms with Crippen LogP contribution >= 0.6 is 0 Å². The Balaban J connectivity index is 3.37. The lowest BCUT2D eigenvalue weighted by atomic mass is 10.0. The minimum absolute atomic E-state index is 0.299. The predicted molar refractivity (Wildman–Crippen MR) is 53.2 cm³/mol. The summed E-state index contributed by atoms with van der Waals surface area (Å²) in [5.74, 6) is 0.606. The van der Waals surface area contributed by atoms with Crippen molar-refractivity contribution < 1.29 is 5.11 Å². The van der Waals surface area contributed by atoms with Crippen molar-refractivity contribution in [3.8, 4) is 0 Å². The standard InChI is InChI=1S/C10H21NO/c1-4-10(5-6-12)8-11-7-9(2)3/h10-12H,2,4-8H2,1,3H3. The average Bonchev–Trinajstić information content (AvgIpc) is 2.02. The number of aliphatic hydroxyl groups is 1. The smallest absolute Gasteiger partial charge is 0.0434 e. The van der Waals surface area contributed by atoms with E-state index in [-0.39, 0.29) is 0 Å². The van der Waals surface area contributed by atoms with Gasteiger partial charge in [0.25, 0.3) is 0 Å². The average molecular weight is 171 g/mol. The molecule has 0 aromatic heterocycles. The summed E-state index contributed by atoms with van der Waals surface area (Å²) in [6, 6.07) is 0. The molecule has 1 atom stereocenters. The van der Waals surface area contributed by atoms with Crippen LogP contribution in [-0.2, 0) is 0 Å². The van der Waals surface area contributed by atoms with Crippen LogP contribution in [0.3, 0.4) is 0 Å². The fourth-order valence-electron chi connectivity index (χ4n) is 1.12. The molecule has 0 radical (unpaired) electrons. The van der Waals surface area contributed by atoms with Crippen molar-refractivity contribution in [2.24, 2.45) is 5.92 Å². The molecule has 0 heterocycles. The normalized spacial score (nSPS) is 12.9. The van der Waals surface area contributed by atoms with Gasteiger partial charge in [-0.05, 0) is 25.8 Å². The summed E-state index contributed by atoms with van der Waals surface area (Å²) in [6.07, 6.45) is 2.03. The molecule has 0 aromatic rings. The van der Waals surface area contributed by atoms with Crippen LogP contribution in [0.4, 0.5) is 0 Å². The van der Waals surface area contributed by atoms with Crippen LogP contribution < -0.4 is 5.32 Å². The predicted octanol–water partition coefficient (Wildman–Crippen LogP) is 1.56. The van der Waals surface area contributed by atoms with Gasteiger partial charge in [-0.1, -0.05) is 25.5 Å². The summed E-state index contributed by atoms with van der Waals surface area (Å²) in [5, 5.41) is 12.0. The molecule has 0 bridgehead atoms. The molecule has 72 valence electrons. The maximum atomic E-state index is 8.73. The Morgan fingerprint density at radius 1 is 1.58 bits per heavy atom. The van der Waals surface area contributed by atoms with Gasteiger partial charge in [-0.25, -0.2) is 0 Å². The molecule has 0 spiro atoms. The molecule has 0 amide bonds. The van der Waals surface area contributed by atoms with Crippen molar-refractivity contribution in [3.05, 3.63) is 12.2 Å². The van der Waals surface area contributed by atoms with Gasteiger partial charge in [0, 0.05) is 13.2 Å². The first-order chi connectivity index (χ1) is 5.70. The van der Waals surface area contributed by atoms with E-state index < -0.39 is 0 Å². The third kappa shape index (κ3) is 6.38. The highest BCUT2D eigenvalue weighted by Gasteiger charge is 2.03. The molecule has 2 N–H and O–H groups in total. The molecule has 0 saturated carbocycles. The Hall–Kier alpha value is -0.340. The van der Waals surface area contributed by atoms with Crippen LogP contribution in [-0.4, -0.2) is 24.8 Å². The van der Waals surface area contributed by atoms with Gasteiger partial charge in [-0.15, -0.1) is 0 Å². The van der Waals surface area contributed by atoms with E-state index in [1.54, 1.807) is 0 Å². The molecule has 0 aliphatic carbocycles. The van der Waals surface area contributed by atoms with E-state index >= 15 is 0 Å². The molecule has 12 heavy (non-hydrogen) atoms. The van der Waals surface area contributed by atoms with Crippen LogP contribution in [0.15, 0.2) is 12.2 Å². The lowest BCUT2D eigenvalue weighted by Crippen LogP contribution is -2.24. The molecule has 1 unspecified atom stereocenters. The van der Waals surface area contributed by atoms with Gasteiger partial charge in [-0.2, -0.15) is 0 Å². The third-order valence-electron chi connectivity index (χ3n) is 1.97. The highest BCUT2D eigenvalue weighted by Crippen LogP contribution is 2.05. The summed E-state index contributed by atoms with van der Waals surface area (Å²) in [4.78, 5) is 0. The second-order valence-corrected chi connectivity index (χ2v) is 3.37. The summed E-state index contributed by atoms with van der Waals surface area (Å²) in [7, 11) is 0. The molecule has 0 saturated heterocycles. The molecule has 0 aliphatic heterocycles. The molecular formula is C10H21NO. The van der Waals surface area contributed by atoms with Gasteiger partial charge in [0.15, 0.2) is 0 Å². The van der Waals surface area contributed by atoms with Crippen LogP contribution in [0.25, 0.3) is 0 Å². The number of nitrogens with one attached hydrogen (secondary N) is 1. The first-order valence-corrected chi connectivity index (χ1v) is 4.66. The zero-order valence-electron chi connectivity index (χ0n) is 8.27. The van der Waals surface area contributed by atoms with Gasteiger partial charge in [-0.3, -0.25) is 0 Å². The maximum absolute atomic E-state index is 8.73. The lowest BCUT2D eigenvalue weighted by Gasteiger charge is -2.13. The highest BCUT2D eigenvalue weighted by atomic mass is 16.3. The molecule has 0 rings (SSSR count). The van der Waals surface area contributed by atoms with Crippen LogP contribution in [0, 0.1) is 5.92 Å². The quantitative estimate of drug-likeness (QED) is 0.570.